The van der Waals surface area contributed by atoms with Gasteiger partial charge < -0.3 is 15.7 Å². The largest absolute Gasteiger partial charge is 0.480 e. The quantitative estimate of drug-likeness (QED) is 0.598. The number of aliphatic carboxylic acids is 1. The topological polar surface area (TPSA) is 78.4 Å². The molecule has 0 rings (SSSR count). The molecule has 0 aliphatic heterocycles. The van der Waals surface area contributed by atoms with Crippen molar-refractivity contribution in [1.29, 1.82) is 0 Å². The maximum atomic E-state index is 11.4. The molecule has 0 saturated carbocycles. The van der Waals surface area contributed by atoms with Crippen molar-refractivity contribution in [3.05, 3.63) is 0 Å². The zero-order valence-electron chi connectivity index (χ0n) is 10.4. The van der Waals surface area contributed by atoms with Gasteiger partial charge in [0.25, 0.3) is 0 Å². The molecule has 0 aromatic rings. The number of hydrogen-bond donors (Lipinski definition) is 3. The molecule has 0 bridgehead atoms. The molecule has 16 heavy (non-hydrogen) atoms. The van der Waals surface area contributed by atoms with Gasteiger partial charge in [-0.25, -0.2) is 4.79 Å². The maximum absolute atomic E-state index is 11.4. The standard InChI is InChI=1S/C11H22N2O3/c1-7(2)5-9(11(15)16)13-10(14)6-12-8(3)4/h7-9,12H,5-6H2,1-4H3,(H,13,14)(H,15,16). The van der Waals surface area contributed by atoms with Gasteiger partial charge in [-0.15, -0.1) is 0 Å². The Bertz CT molecular complexity index is 239. The van der Waals surface area contributed by atoms with Crippen LogP contribution in [0.5, 0.6) is 0 Å². The average molecular weight is 230 g/mol. The molecule has 0 spiro atoms. The van der Waals surface area contributed by atoms with Crippen LogP contribution in [-0.2, 0) is 9.59 Å². The van der Waals surface area contributed by atoms with Crippen LogP contribution < -0.4 is 10.6 Å². The van der Waals surface area contributed by atoms with Crippen molar-refractivity contribution in [1.82, 2.24) is 10.6 Å². The number of nitrogens with one attached hydrogen (secondary N) is 2. The van der Waals surface area contributed by atoms with Gasteiger partial charge in [-0.3, -0.25) is 4.79 Å². The van der Waals surface area contributed by atoms with Crippen LogP contribution in [0.2, 0.25) is 0 Å². The Balaban J connectivity index is 4.08. The van der Waals surface area contributed by atoms with E-state index < -0.39 is 12.0 Å². The highest BCUT2D eigenvalue weighted by atomic mass is 16.4. The van der Waals surface area contributed by atoms with Crippen molar-refractivity contribution in [2.24, 2.45) is 5.92 Å². The molecule has 1 amide bonds. The molecule has 0 heterocycles. The van der Waals surface area contributed by atoms with Crippen LogP contribution in [0, 0.1) is 5.92 Å². The number of carbonyl (C=O) groups excluding carboxylic acids is 1. The van der Waals surface area contributed by atoms with Crippen molar-refractivity contribution in [3.8, 4) is 0 Å². The monoisotopic (exact) mass is 230 g/mol. The SMILES string of the molecule is CC(C)CC(NC(=O)CNC(C)C)C(=O)O. The van der Waals surface area contributed by atoms with Crippen molar-refractivity contribution in [2.45, 2.75) is 46.2 Å². The van der Waals surface area contributed by atoms with E-state index in [1.807, 2.05) is 27.7 Å². The summed E-state index contributed by atoms with van der Waals surface area (Å²) in [7, 11) is 0. The van der Waals surface area contributed by atoms with E-state index in [2.05, 4.69) is 10.6 Å². The van der Waals surface area contributed by atoms with Gasteiger partial charge in [0.05, 0.1) is 6.54 Å². The minimum absolute atomic E-state index is 0.152. The van der Waals surface area contributed by atoms with Crippen LogP contribution in [0.3, 0.4) is 0 Å². The third-order valence-electron chi connectivity index (χ3n) is 2.01. The molecule has 3 N–H and O–H groups in total. The molecule has 0 aliphatic carbocycles. The summed E-state index contributed by atoms with van der Waals surface area (Å²) in [6.45, 7) is 7.86. The molecule has 1 unspecified atom stereocenters. The van der Waals surface area contributed by atoms with E-state index in [4.69, 9.17) is 5.11 Å². The lowest BCUT2D eigenvalue weighted by Gasteiger charge is -2.17. The fourth-order valence-electron chi connectivity index (χ4n) is 1.24. The molecular formula is C11H22N2O3. The highest BCUT2D eigenvalue weighted by Crippen LogP contribution is 2.04. The summed E-state index contributed by atoms with van der Waals surface area (Å²) < 4.78 is 0. The first kappa shape index (κ1) is 14.9. The summed E-state index contributed by atoms with van der Waals surface area (Å²) in [5.74, 6) is -1.02. The van der Waals surface area contributed by atoms with E-state index >= 15 is 0 Å². The van der Waals surface area contributed by atoms with Gasteiger partial charge in [-0.2, -0.15) is 0 Å². The van der Waals surface area contributed by atoms with E-state index in [1.54, 1.807) is 0 Å². The summed E-state index contributed by atoms with van der Waals surface area (Å²) in [4.78, 5) is 22.3. The van der Waals surface area contributed by atoms with Crippen LogP contribution in [0.25, 0.3) is 0 Å². The summed E-state index contributed by atoms with van der Waals surface area (Å²) in [5, 5.41) is 14.4. The second kappa shape index (κ2) is 7.22. The molecule has 0 saturated heterocycles. The van der Waals surface area contributed by atoms with Crippen molar-refractivity contribution < 1.29 is 14.7 Å². The molecule has 5 heteroatoms. The Labute approximate surface area is 96.6 Å². The van der Waals surface area contributed by atoms with Crippen molar-refractivity contribution in [2.75, 3.05) is 6.54 Å². The summed E-state index contributed by atoms with van der Waals surface area (Å²) >= 11 is 0. The third-order valence-corrected chi connectivity index (χ3v) is 2.01. The average Bonchev–Trinajstić information content (AvgIpc) is 2.12. The van der Waals surface area contributed by atoms with Gasteiger partial charge in [0.1, 0.15) is 6.04 Å². The molecule has 0 fully saturated rings. The fraction of sp³-hybridized carbons (Fsp3) is 0.818. The van der Waals surface area contributed by atoms with E-state index in [1.165, 1.54) is 0 Å². The summed E-state index contributed by atoms with van der Waals surface area (Å²) in [6.07, 6.45) is 0.447. The summed E-state index contributed by atoms with van der Waals surface area (Å²) in [5.41, 5.74) is 0. The first-order valence-electron chi connectivity index (χ1n) is 5.58. The minimum atomic E-state index is -0.980. The summed E-state index contributed by atoms with van der Waals surface area (Å²) in [6, 6.07) is -0.583. The predicted octanol–water partition coefficient (Wildman–Crippen LogP) is 0.600. The maximum Gasteiger partial charge on any atom is 0.326 e. The highest BCUT2D eigenvalue weighted by Gasteiger charge is 2.20. The normalized spacial score (nSPS) is 12.9. The van der Waals surface area contributed by atoms with Crippen LogP contribution >= 0.6 is 0 Å². The second-order valence-electron chi connectivity index (χ2n) is 4.62. The molecule has 0 radical (unpaired) electrons. The molecule has 5 nitrogen and oxygen atoms in total. The number of amides is 1. The van der Waals surface area contributed by atoms with Crippen LogP contribution in [0.4, 0.5) is 0 Å². The predicted molar refractivity (Wildman–Crippen MR) is 62.2 cm³/mol. The Morgan fingerprint density at radius 3 is 2.12 bits per heavy atom. The van der Waals surface area contributed by atoms with Gasteiger partial charge in [0.2, 0.25) is 5.91 Å². The van der Waals surface area contributed by atoms with E-state index in [0.29, 0.717) is 6.42 Å². The zero-order chi connectivity index (χ0) is 12.7. The Kier molecular flexibility index (Phi) is 6.72. The van der Waals surface area contributed by atoms with Crippen LogP contribution in [-0.4, -0.2) is 35.6 Å². The Morgan fingerprint density at radius 1 is 1.19 bits per heavy atom. The van der Waals surface area contributed by atoms with Gasteiger partial charge in [-0.1, -0.05) is 27.7 Å². The number of rotatable bonds is 7. The van der Waals surface area contributed by atoms with Crippen LogP contribution in [0.15, 0.2) is 0 Å². The highest BCUT2D eigenvalue weighted by molar-refractivity contribution is 5.84. The zero-order valence-corrected chi connectivity index (χ0v) is 10.4. The third kappa shape index (κ3) is 7.23. The number of hydrogen-bond acceptors (Lipinski definition) is 3. The van der Waals surface area contributed by atoms with Crippen molar-refractivity contribution >= 4 is 11.9 Å². The van der Waals surface area contributed by atoms with E-state index in [0.717, 1.165) is 0 Å². The fourth-order valence-corrected chi connectivity index (χ4v) is 1.24. The molecule has 0 aromatic carbocycles. The molecule has 0 aromatic heterocycles. The lowest BCUT2D eigenvalue weighted by Crippen LogP contribution is -2.46. The molecule has 1 atom stereocenters. The van der Waals surface area contributed by atoms with Gasteiger partial charge >= 0.3 is 5.97 Å². The van der Waals surface area contributed by atoms with E-state index in [9.17, 15) is 9.59 Å². The van der Waals surface area contributed by atoms with Gasteiger partial charge in [-0.05, 0) is 12.3 Å². The van der Waals surface area contributed by atoms with E-state index in [-0.39, 0.29) is 24.4 Å². The first-order valence-corrected chi connectivity index (χ1v) is 5.58. The number of carboxylic acid groups (broad SMARTS) is 1. The minimum Gasteiger partial charge on any atom is -0.480 e. The molecule has 0 aliphatic rings. The lowest BCUT2D eigenvalue weighted by atomic mass is 10.0. The Hall–Kier alpha value is -1.10. The molecule has 94 valence electrons. The second-order valence-corrected chi connectivity index (χ2v) is 4.62. The van der Waals surface area contributed by atoms with Gasteiger partial charge in [0, 0.05) is 6.04 Å². The van der Waals surface area contributed by atoms with Gasteiger partial charge in [0.15, 0.2) is 0 Å². The number of carbonyl (C=O) groups is 2. The Morgan fingerprint density at radius 2 is 1.75 bits per heavy atom. The van der Waals surface area contributed by atoms with Crippen LogP contribution in [0.1, 0.15) is 34.1 Å². The smallest absolute Gasteiger partial charge is 0.326 e. The molecular weight excluding hydrogens is 208 g/mol. The van der Waals surface area contributed by atoms with Crippen molar-refractivity contribution in [3.63, 3.8) is 0 Å². The number of carboxylic acids is 1. The first-order chi connectivity index (χ1) is 7.32. The lowest BCUT2D eigenvalue weighted by molar-refractivity contribution is -0.142.